The van der Waals surface area contributed by atoms with E-state index in [4.69, 9.17) is 4.74 Å². The lowest BCUT2D eigenvalue weighted by Crippen LogP contribution is -1.96. The van der Waals surface area contributed by atoms with Crippen LogP contribution in [0, 0.1) is 0 Å². The molecule has 0 aromatic heterocycles. The Morgan fingerprint density at radius 3 is 2.83 bits per heavy atom. The Labute approximate surface area is 76.5 Å². The average Bonchev–Trinajstić information content (AvgIpc) is 2.15. The molecule has 0 spiro atoms. The van der Waals surface area contributed by atoms with Gasteiger partial charge in [0.2, 0.25) is 0 Å². The van der Waals surface area contributed by atoms with Crippen molar-refractivity contribution in [1.82, 2.24) is 0 Å². The van der Waals surface area contributed by atoms with Gasteiger partial charge in [-0.25, -0.2) is 0 Å². The van der Waals surface area contributed by atoms with Crippen molar-refractivity contribution < 1.29 is 4.74 Å². The Hall–Kier alpha value is -0.863. The van der Waals surface area contributed by atoms with Crippen molar-refractivity contribution in [3.05, 3.63) is 42.0 Å². The zero-order valence-electron chi connectivity index (χ0n) is 7.42. The molecule has 0 amide bonds. The van der Waals surface area contributed by atoms with Crippen molar-refractivity contribution in [2.45, 2.75) is 6.61 Å². The molecule has 0 heterocycles. The van der Waals surface area contributed by atoms with Crippen LogP contribution in [0.3, 0.4) is 0 Å². The van der Waals surface area contributed by atoms with Crippen molar-refractivity contribution >= 4 is 16.3 Å². The lowest BCUT2D eigenvalue weighted by molar-refractivity contribution is 0.165. The van der Waals surface area contributed by atoms with Crippen molar-refractivity contribution in [3.63, 3.8) is 0 Å². The van der Waals surface area contributed by atoms with Gasteiger partial charge in [0.05, 0.1) is 6.61 Å². The SMILES string of the molecule is C=Cc1ccccc1COC[SiH3]. The zero-order chi connectivity index (χ0) is 8.81. The second-order valence-corrected chi connectivity index (χ2v) is 3.12. The molecule has 1 aromatic rings. The smallest absolute Gasteiger partial charge is 0.0717 e. The van der Waals surface area contributed by atoms with Gasteiger partial charge in [-0.2, -0.15) is 0 Å². The first-order chi connectivity index (χ1) is 5.88. The molecule has 0 saturated heterocycles. The van der Waals surface area contributed by atoms with E-state index in [0.717, 1.165) is 16.5 Å². The summed E-state index contributed by atoms with van der Waals surface area (Å²) in [6.07, 6.45) is 2.76. The van der Waals surface area contributed by atoms with Crippen molar-refractivity contribution in [2.75, 3.05) is 6.23 Å². The van der Waals surface area contributed by atoms with Crippen molar-refractivity contribution in [2.24, 2.45) is 0 Å². The van der Waals surface area contributed by atoms with E-state index in [-0.39, 0.29) is 0 Å². The van der Waals surface area contributed by atoms with Crippen LogP contribution in [0.1, 0.15) is 11.1 Å². The van der Waals surface area contributed by atoms with Crippen molar-refractivity contribution in [3.8, 4) is 0 Å². The van der Waals surface area contributed by atoms with Gasteiger partial charge in [0.1, 0.15) is 0 Å². The summed E-state index contributed by atoms with van der Waals surface area (Å²) in [6, 6.07) is 8.17. The molecule has 2 heteroatoms. The summed E-state index contributed by atoms with van der Waals surface area (Å²) < 4.78 is 5.38. The molecule has 0 fully saturated rings. The van der Waals surface area contributed by atoms with Crippen molar-refractivity contribution in [1.29, 1.82) is 0 Å². The van der Waals surface area contributed by atoms with E-state index in [2.05, 4.69) is 18.7 Å². The molecule has 0 saturated carbocycles. The van der Waals surface area contributed by atoms with Gasteiger partial charge in [-0.3, -0.25) is 0 Å². The highest BCUT2D eigenvalue weighted by Crippen LogP contribution is 2.10. The first kappa shape index (κ1) is 9.23. The fourth-order valence-corrected chi connectivity index (χ4v) is 1.28. The molecule has 64 valence electrons. The van der Waals surface area contributed by atoms with E-state index in [0.29, 0.717) is 6.61 Å². The fourth-order valence-electron chi connectivity index (χ4n) is 1.08. The van der Waals surface area contributed by atoms with Gasteiger partial charge in [-0.15, -0.1) is 0 Å². The van der Waals surface area contributed by atoms with Crippen LogP contribution in [-0.2, 0) is 11.3 Å². The number of hydrogen-bond donors (Lipinski definition) is 0. The van der Waals surface area contributed by atoms with E-state index in [1.807, 2.05) is 18.2 Å². The normalized spacial score (nSPS) is 10.0. The van der Waals surface area contributed by atoms with Gasteiger partial charge < -0.3 is 4.74 Å². The second-order valence-electron chi connectivity index (χ2n) is 2.54. The van der Waals surface area contributed by atoms with E-state index in [1.165, 1.54) is 11.1 Å². The molecule has 0 atom stereocenters. The lowest BCUT2D eigenvalue weighted by Gasteiger charge is -2.04. The minimum absolute atomic E-state index is 0.714. The fraction of sp³-hybridized carbons (Fsp3) is 0.200. The summed E-state index contributed by atoms with van der Waals surface area (Å²) in [5.41, 5.74) is 2.40. The van der Waals surface area contributed by atoms with Gasteiger partial charge in [0, 0.05) is 16.5 Å². The molecule has 0 N–H and O–H groups in total. The van der Waals surface area contributed by atoms with E-state index in [9.17, 15) is 0 Å². The minimum atomic E-state index is 0.714. The molecule has 0 unspecified atom stereocenters. The summed E-state index contributed by atoms with van der Waals surface area (Å²) in [7, 11) is 1.10. The topological polar surface area (TPSA) is 9.23 Å². The summed E-state index contributed by atoms with van der Waals surface area (Å²) in [5.74, 6) is 0. The maximum Gasteiger partial charge on any atom is 0.0717 e. The van der Waals surface area contributed by atoms with E-state index < -0.39 is 0 Å². The van der Waals surface area contributed by atoms with E-state index >= 15 is 0 Å². The molecule has 0 radical (unpaired) electrons. The Balaban J connectivity index is 2.75. The van der Waals surface area contributed by atoms with E-state index in [1.54, 1.807) is 0 Å². The van der Waals surface area contributed by atoms with Gasteiger partial charge in [-0.1, -0.05) is 36.9 Å². The second kappa shape index (κ2) is 4.90. The summed E-state index contributed by atoms with van der Waals surface area (Å²) in [6.45, 7) is 4.47. The third-order valence-electron chi connectivity index (χ3n) is 1.74. The van der Waals surface area contributed by atoms with Crippen LogP contribution in [0.5, 0.6) is 0 Å². The zero-order valence-corrected chi connectivity index (χ0v) is 9.42. The molecule has 0 aliphatic rings. The molecular formula is C10H14OSi. The van der Waals surface area contributed by atoms with Crippen LogP contribution in [0.25, 0.3) is 6.08 Å². The highest BCUT2D eigenvalue weighted by Gasteiger charge is 1.96. The predicted octanol–water partition coefficient (Wildman–Crippen LogP) is 1.17. The molecule has 0 aliphatic heterocycles. The lowest BCUT2D eigenvalue weighted by atomic mass is 10.1. The van der Waals surface area contributed by atoms with Crippen LogP contribution < -0.4 is 0 Å². The largest absolute Gasteiger partial charge is 0.381 e. The first-order valence-corrected chi connectivity index (χ1v) is 5.58. The Morgan fingerprint density at radius 1 is 1.42 bits per heavy atom. The predicted molar refractivity (Wildman–Crippen MR) is 56.1 cm³/mol. The average molecular weight is 178 g/mol. The monoisotopic (exact) mass is 178 g/mol. The van der Waals surface area contributed by atoms with Crippen LogP contribution in [0.4, 0.5) is 0 Å². The van der Waals surface area contributed by atoms with Crippen LogP contribution in [0.2, 0.25) is 0 Å². The third-order valence-corrected chi connectivity index (χ3v) is 2.14. The molecular weight excluding hydrogens is 164 g/mol. The molecule has 12 heavy (non-hydrogen) atoms. The third kappa shape index (κ3) is 2.32. The quantitative estimate of drug-likeness (QED) is 0.629. The van der Waals surface area contributed by atoms with Crippen LogP contribution in [-0.4, -0.2) is 16.5 Å². The summed E-state index contributed by atoms with van der Waals surface area (Å²) in [4.78, 5) is 0. The number of ether oxygens (including phenoxy) is 1. The molecule has 0 aliphatic carbocycles. The molecule has 1 aromatic carbocycles. The maximum atomic E-state index is 5.38. The van der Waals surface area contributed by atoms with Gasteiger partial charge in [0.25, 0.3) is 0 Å². The molecule has 0 bridgehead atoms. The Morgan fingerprint density at radius 2 is 2.17 bits per heavy atom. The maximum absolute atomic E-state index is 5.38. The summed E-state index contributed by atoms with van der Waals surface area (Å²) in [5, 5.41) is 0. The highest BCUT2D eigenvalue weighted by atomic mass is 28.1. The number of benzene rings is 1. The van der Waals surface area contributed by atoms with Gasteiger partial charge in [-0.05, 0) is 11.1 Å². The molecule has 1 nitrogen and oxygen atoms in total. The van der Waals surface area contributed by atoms with Gasteiger partial charge in [0.15, 0.2) is 0 Å². The highest BCUT2D eigenvalue weighted by molar-refractivity contribution is 6.08. The first-order valence-electron chi connectivity index (χ1n) is 4.16. The number of hydrogen-bond acceptors (Lipinski definition) is 1. The van der Waals surface area contributed by atoms with Gasteiger partial charge >= 0.3 is 0 Å². The summed E-state index contributed by atoms with van der Waals surface area (Å²) >= 11 is 0. The Bertz CT molecular complexity index is 258. The van der Waals surface area contributed by atoms with Crippen LogP contribution >= 0.6 is 0 Å². The minimum Gasteiger partial charge on any atom is -0.381 e. The molecule has 1 rings (SSSR count). The van der Waals surface area contributed by atoms with Crippen LogP contribution in [0.15, 0.2) is 30.8 Å². The number of rotatable bonds is 4. The Kier molecular flexibility index (Phi) is 3.77. The standard InChI is InChI=1S/C10H14OSi/c1-2-9-5-3-4-6-10(9)7-11-8-12/h2-6H,1,7-8H2,12H3.